The SMILES string of the molecule is CC/C=C\C/C=C\C/C=C\C/C=C\C/C=C\C/C=C\CCC(=O)OCC(O)COP(=O)(O)OCC(NC(=O)CCC/C=C\C/C=C\C/C=C\C/C=C\CCCCC)C(=O)O. The van der Waals surface area contributed by atoms with Crippen LogP contribution in [0.3, 0.4) is 0 Å². The fourth-order valence-corrected chi connectivity index (χ4v) is 5.69. The van der Waals surface area contributed by atoms with Crippen LogP contribution in [-0.4, -0.2) is 64.9 Å². The molecular weight excluding hydrogens is 781 g/mol. The van der Waals surface area contributed by atoms with Gasteiger partial charge in [-0.2, -0.15) is 0 Å². The Labute approximate surface area is 360 Å². The summed E-state index contributed by atoms with van der Waals surface area (Å²) in [5, 5.41) is 21.8. The van der Waals surface area contributed by atoms with Gasteiger partial charge in [-0.15, -0.1) is 0 Å². The Morgan fingerprint density at radius 2 is 0.967 bits per heavy atom. The van der Waals surface area contributed by atoms with Gasteiger partial charge in [-0.1, -0.05) is 148 Å². The molecule has 0 radical (unpaired) electrons. The molecule has 0 aliphatic heterocycles. The number of hydrogen-bond donors (Lipinski definition) is 4. The number of unbranched alkanes of at least 4 members (excludes halogenated alkanes) is 4. The third-order valence-corrected chi connectivity index (χ3v) is 9.20. The number of amides is 1. The van der Waals surface area contributed by atoms with Crippen molar-refractivity contribution in [3.8, 4) is 0 Å². The standard InChI is InChI=1S/C48H74NO10P/c1-3-5-7-9-11-13-15-17-19-21-22-24-26-28-30-32-34-36-38-40-47(52)57-41-44(50)42-58-60(55,56)59-43-45(48(53)54)49-46(51)39-37-35-33-31-29-27-25-23-20-18-16-14-12-10-8-6-4-2/h5,7,11-14,17-20,22,24-25,27-28,30-31,33-34,36,44-45,50H,3-4,6,8-10,15-16,21,23,26,29,32,35,37-43H2,1-2H3,(H,49,51)(H,53,54)(H,55,56)/b7-5-,13-11-,14-12-,19-17-,20-18-,24-22-,27-25-,30-28-,33-31-,36-34-. The van der Waals surface area contributed by atoms with Gasteiger partial charge in [-0.25, -0.2) is 9.36 Å². The molecule has 0 rings (SSSR count). The van der Waals surface area contributed by atoms with Crippen molar-refractivity contribution in [2.24, 2.45) is 0 Å². The molecular formula is C48H74NO10P. The number of aliphatic hydroxyl groups excluding tert-OH is 1. The molecule has 12 heteroatoms. The lowest BCUT2D eigenvalue weighted by Gasteiger charge is -2.18. The Hall–Kier alpha value is -4.12. The Kier molecular flexibility index (Phi) is 38.8. The van der Waals surface area contributed by atoms with Crippen LogP contribution >= 0.6 is 7.82 Å². The van der Waals surface area contributed by atoms with Crippen LogP contribution in [0, 0.1) is 0 Å². The molecule has 11 nitrogen and oxygen atoms in total. The van der Waals surface area contributed by atoms with Gasteiger partial charge in [0.15, 0.2) is 6.04 Å². The van der Waals surface area contributed by atoms with Gasteiger partial charge in [-0.3, -0.25) is 18.6 Å². The molecule has 0 aliphatic rings. The van der Waals surface area contributed by atoms with Gasteiger partial charge in [-0.05, 0) is 89.9 Å². The first-order valence-corrected chi connectivity index (χ1v) is 23.1. The van der Waals surface area contributed by atoms with Gasteiger partial charge >= 0.3 is 19.8 Å². The van der Waals surface area contributed by atoms with E-state index in [1.54, 1.807) is 0 Å². The van der Waals surface area contributed by atoms with Gasteiger partial charge < -0.3 is 25.2 Å². The molecule has 0 aromatic carbocycles. The summed E-state index contributed by atoms with van der Waals surface area (Å²) in [6.07, 6.45) is 55.3. The third-order valence-electron chi connectivity index (χ3n) is 8.25. The fourth-order valence-electron chi connectivity index (χ4n) is 4.92. The van der Waals surface area contributed by atoms with Crippen LogP contribution in [0.2, 0.25) is 0 Å². The number of ether oxygens (including phenoxy) is 1. The molecule has 0 aliphatic carbocycles. The topological polar surface area (TPSA) is 169 Å². The average molecular weight is 856 g/mol. The van der Waals surface area contributed by atoms with Crippen molar-refractivity contribution in [1.82, 2.24) is 5.32 Å². The van der Waals surface area contributed by atoms with Gasteiger partial charge in [0, 0.05) is 12.8 Å². The largest absolute Gasteiger partial charge is 0.480 e. The zero-order valence-corrected chi connectivity index (χ0v) is 37.1. The molecule has 336 valence electrons. The number of carboxylic acids is 1. The van der Waals surface area contributed by atoms with Gasteiger partial charge in [0.2, 0.25) is 5.91 Å². The molecule has 0 heterocycles. The molecule has 3 atom stereocenters. The molecule has 0 saturated heterocycles. The lowest BCUT2D eigenvalue weighted by atomic mass is 10.2. The van der Waals surface area contributed by atoms with Gasteiger partial charge in [0.25, 0.3) is 0 Å². The quantitative estimate of drug-likeness (QED) is 0.0203. The number of carboxylic acid groups (broad SMARTS) is 1. The van der Waals surface area contributed by atoms with Crippen molar-refractivity contribution >= 4 is 25.7 Å². The molecule has 0 aromatic rings. The van der Waals surface area contributed by atoms with Crippen molar-refractivity contribution in [1.29, 1.82) is 0 Å². The second-order valence-electron chi connectivity index (χ2n) is 13.8. The van der Waals surface area contributed by atoms with E-state index in [-0.39, 0.29) is 12.8 Å². The first-order valence-electron chi connectivity index (χ1n) is 21.6. The minimum absolute atomic E-state index is 0.0569. The summed E-state index contributed by atoms with van der Waals surface area (Å²) < 4.78 is 26.7. The summed E-state index contributed by atoms with van der Waals surface area (Å²) >= 11 is 0. The maximum Gasteiger partial charge on any atom is 0.472 e. The van der Waals surface area contributed by atoms with E-state index in [1.165, 1.54) is 19.3 Å². The number of allylic oxidation sites excluding steroid dienone is 20. The maximum absolute atomic E-state index is 12.3. The lowest BCUT2D eigenvalue weighted by Crippen LogP contribution is -2.43. The van der Waals surface area contributed by atoms with Crippen molar-refractivity contribution in [2.45, 2.75) is 142 Å². The predicted octanol–water partition coefficient (Wildman–Crippen LogP) is 11.2. The number of phosphoric ester groups is 1. The Morgan fingerprint density at radius 3 is 1.42 bits per heavy atom. The molecule has 0 spiro atoms. The highest BCUT2D eigenvalue weighted by atomic mass is 31.2. The maximum atomic E-state index is 12.3. The molecule has 0 fully saturated rings. The summed E-state index contributed by atoms with van der Waals surface area (Å²) in [5.74, 6) is -2.57. The second-order valence-corrected chi connectivity index (χ2v) is 15.2. The van der Waals surface area contributed by atoms with Crippen LogP contribution in [-0.2, 0) is 32.7 Å². The first-order chi connectivity index (χ1) is 29.1. The highest BCUT2D eigenvalue weighted by Gasteiger charge is 2.28. The van der Waals surface area contributed by atoms with Crippen LogP contribution in [0.15, 0.2) is 122 Å². The zero-order chi connectivity index (χ0) is 44.2. The number of carbonyl (C=O) groups excluding carboxylic acids is 2. The highest BCUT2D eigenvalue weighted by Crippen LogP contribution is 2.43. The second kappa shape index (κ2) is 41.6. The zero-order valence-electron chi connectivity index (χ0n) is 36.2. The van der Waals surface area contributed by atoms with Crippen molar-refractivity contribution in [3.05, 3.63) is 122 Å². The minimum atomic E-state index is -4.80. The first kappa shape index (κ1) is 55.9. The highest BCUT2D eigenvalue weighted by molar-refractivity contribution is 7.47. The Balaban J connectivity index is 4.11. The van der Waals surface area contributed by atoms with Crippen molar-refractivity contribution in [3.63, 3.8) is 0 Å². The number of esters is 1. The number of hydrogen-bond acceptors (Lipinski definition) is 8. The smallest absolute Gasteiger partial charge is 0.472 e. The predicted molar refractivity (Wildman–Crippen MR) is 244 cm³/mol. The Morgan fingerprint density at radius 1 is 0.550 bits per heavy atom. The van der Waals surface area contributed by atoms with E-state index >= 15 is 0 Å². The third kappa shape index (κ3) is 40.7. The number of nitrogens with one attached hydrogen (secondary N) is 1. The lowest BCUT2D eigenvalue weighted by molar-refractivity contribution is -0.147. The number of carbonyl (C=O) groups is 3. The number of phosphoric acid groups is 1. The number of rotatable bonds is 38. The molecule has 3 unspecified atom stereocenters. The monoisotopic (exact) mass is 856 g/mol. The summed E-state index contributed by atoms with van der Waals surface area (Å²) in [4.78, 5) is 45.8. The van der Waals surface area contributed by atoms with Gasteiger partial charge in [0.05, 0.1) is 13.2 Å². The molecule has 4 N–H and O–H groups in total. The van der Waals surface area contributed by atoms with E-state index in [0.717, 1.165) is 64.2 Å². The normalized spacial score (nSPS) is 14.9. The van der Waals surface area contributed by atoms with E-state index < -0.39 is 57.6 Å². The van der Waals surface area contributed by atoms with Crippen LogP contribution in [0.4, 0.5) is 0 Å². The van der Waals surface area contributed by atoms with Crippen LogP contribution in [0.25, 0.3) is 0 Å². The minimum Gasteiger partial charge on any atom is -0.480 e. The summed E-state index contributed by atoms with van der Waals surface area (Å²) in [6.45, 7) is 2.30. The Bertz CT molecular complexity index is 1470. The van der Waals surface area contributed by atoms with E-state index in [4.69, 9.17) is 13.8 Å². The van der Waals surface area contributed by atoms with E-state index in [1.807, 2.05) is 30.4 Å². The molecule has 0 bridgehead atoms. The van der Waals surface area contributed by atoms with Gasteiger partial charge in [0.1, 0.15) is 12.7 Å². The average Bonchev–Trinajstić information content (AvgIpc) is 3.22. The van der Waals surface area contributed by atoms with Crippen LogP contribution in [0.5, 0.6) is 0 Å². The number of aliphatic carboxylic acids is 1. The van der Waals surface area contributed by atoms with Crippen LogP contribution < -0.4 is 5.32 Å². The van der Waals surface area contributed by atoms with E-state index in [9.17, 15) is 34.1 Å². The molecule has 60 heavy (non-hydrogen) atoms. The fraction of sp³-hybridized carbons (Fsp3) is 0.521. The number of aliphatic hydroxyl groups is 1. The van der Waals surface area contributed by atoms with Crippen LogP contribution in [0.1, 0.15) is 129 Å². The summed E-state index contributed by atoms with van der Waals surface area (Å²) in [5.41, 5.74) is 0. The van der Waals surface area contributed by atoms with Crippen molar-refractivity contribution < 1.29 is 47.8 Å². The summed E-state index contributed by atoms with van der Waals surface area (Å²) in [7, 11) is -4.80. The van der Waals surface area contributed by atoms with E-state index in [0.29, 0.717) is 19.3 Å². The summed E-state index contributed by atoms with van der Waals surface area (Å²) in [6, 6.07) is -1.59. The molecule has 0 aromatic heterocycles. The molecule has 1 amide bonds. The van der Waals surface area contributed by atoms with Crippen molar-refractivity contribution in [2.75, 3.05) is 19.8 Å². The molecule has 0 saturated carbocycles. The van der Waals surface area contributed by atoms with E-state index in [2.05, 4.69) is 110 Å².